The van der Waals surface area contributed by atoms with Crippen LogP contribution >= 0.6 is 0 Å². The number of nitrogens with zero attached hydrogens (tertiary/aromatic N) is 2. The van der Waals surface area contributed by atoms with E-state index in [9.17, 15) is 23.6 Å². The Morgan fingerprint density at radius 2 is 1.77 bits per heavy atom. The second-order valence-corrected chi connectivity index (χ2v) is 9.97. The van der Waals surface area contributed by atoms with Crippen LogP contribution in [0.25, 0.3) is 0 Å². The Morgan fingerprint density at radius 3 is 2.42 bits per heavy atom. The molecule has 11 heteroatoms. The molecule has 2 aromatic rings. The topological polar surface area (TPSA) is 117 Å². The first-order valence-electron chi connectivity index (χ1n) is 13.4. The van der Waals surface area contributed by atoms with Crippen molar-refractivity contribution in [3.8, 4) is 5.75 Å². The van der Waals surface area contributed by atoms with Crippen molar-refractivity contribution in [2.75, 3.05) is 46.9 Å². The average molecular weight is 555 g/mol. The largest absolute Gasteiger partial charge is 0.497 e. The van der Waals surface area contributed by atoms with Gasteiger partial charge in [0, 0.05) is 31.0 Å². The predicted octanol–water partition coefficient (Wildman–Crippen LogP) is 1.39. The van der Waals surface area contributed by atoms with Crippen molar-refractivity contribution in [3.05, 3.63) is 65.5 Å². The average Bonchev–Trinajstić information content (AvgIpc) is 3.00. The van der Waals surface area contributed by atoms with E-state index in [0.29, 0.717) is 31.7 Å². The van der Waals surface area contributed by atoms with Gasteiger partial charge in [-0.25, -0.2) is 9.18 Å². The number of methoxy groups -OCH3 is 2. The number of ether oxygens (including phenoxy) is 2. The zero-order chi connectivity index (χ0) is 28.6. The Morgan fingerprint density at radius 1 is 1.05 bits per heavy atom. The maximum absolute atomic E-state index is 13.8. The summed E-state index contributed by atoms with van der Waals surface area (Å²) in [5.74, 6) is -1.91. The van der Waals surface area contributed by atoms with Gasteiger partial charge < -0.3 is 29.9 Å². The molecule has 2 atom stereocenters. The van der Waals surface area contributed by atoms with Crippen molar-refractivity contribution in [3.63, 3.8) is 0 Å². The van der Waals surface area contributed by atoms with Crippen molar-refractivity contribution in [2.24, 2.45) is 5.92 Å². The van der Waals surface area contributed by atoms with Gasteiger partial charge in [0.1, 0.15) is 23.7 Å². The number of benzene rings is 2. The van der Waals surface area contributed by atoms with E-state index in [1.165, 1.54) is 35.1 Å². The Balaban J connectivity index is 1.56. The van der Waals surface area contributed by atoms with Crippen LogP contribution in [0.5, 0.6) is 5.75 Å². The molecule has 0 aromatic heterocycles. The van der Waals surface area contributed by atoms with Crippen LogP contribution in [0.3, 0.4) is 0 Å². The number of piperidine rings is 1. The summed E-state index contributed by atoms with van der Waals surface area (Å²) in [5, 5.41) is 6.00. The Hall–Kier alpha value is -3.99. The highest BCUT2D eigenvalue weighted by Crippen LogP contribution is 2.22. The van der Waals surface area contributed by atoms with Crippen LogP contribution in [0.4, 0.5) is 4.39 Å². The van der Waals surface area contributed by atoms with Crippen LogP contribution in [-0.2, 0) is 25.5 Å². The monoisotopic (exact) mass is 554 g/mol. The van der Waals surface area contributed by atoms with Crippen molar-refractivity contribution in [1.29, 1.82) is 0 Å². The highest BCUT2D eigenvalue weighted by molar-refractivity contribution is 5.96. The minimum absolute atomic E-state index is 0.0890. The zero-order valence-electron chi connectivity index (χ0n) is 22.7. The SMILES string of the molecule is COC(=O)C(Cc1ccc(OC)cc1)NC(=O)C1CN(C(=O)c2cccc(F)c2)CCN1C(=O)C1CCNCC1. The van der Waals surface area contributed by atoms with E-state index in [4.69, 9.17) is 9.47 Å². The van der Waals surface area contributed by atoms with E-state index in [0.717, 1.165) is 11.6 Å². The molecule has 4 rings (SSSR count). The van der Waals surface area contributed by atoms with Gasteiger partial charge in [-0.2, -0.15) is 0 Å². The number of amides is 3. The summed E-state index contributed by atoms with van der Waals surface area (Å²) in [4.78, 5) is 56.1. The van der Waals surface area contributed by atoms with Crippen molar-refractivity contribution in [2.45, 2.75) is 31.3 Å². The highest BCUT2D eigenvalue weighted by atomic mass is 19.1. The van der Waals surface area contributed by atoms with Gasteiger partial charge in [0.05, 0.1) is 20.8 Å². The number of piperazine rings is 1. The number of carbonyl (C=O) groups is 4. The molecule has 3 amide bonds. The predicted molar refractivity (Wildman–Crippen MR) is 144 cm³/mol. The van der Waals surface area contributed by atoms with Crippen molar-refractivity contribution >= 4 is 23.7 Å². The molecule has 2 N–H and O–H groups in total. The van der Waals surface area contributed by atoms with E-state index in [1.54, 1.807) is 31.4 Å². The lowest BCUT2D eigenvalue weighted by Crippen LogP contribution is -2.64. The summed E-state index contributed by atoms with van der Waals surface area (Å²) >= 11 is 0. The number of nitrogens with one attached hydrogen (secondary N) is 2. The van der Waals surface area contributed by atoms with Gasteiger partial charge in [0.2, 0.25) is 11.8 Å². The van der Waals surface area contributed by atoms with Gasteiger partial charge >= 0.3 is 5.97 Å². The van der Waals surface area contributed by atoms with Gasteiger partial charge in [0.25, 0.3) is 5.91 Å². The maximum Gasteiger partial charge on any atom is 0.328 e. The standard InChI is InChI=1S/C29H35FN4O6/c1-39-23-8-6-19(7-9-23)16-24(29(38)40-2)32-26(35)25-18-33(27(36)21-4-3-5-22(30)17-21)14-15-34(25)28(37)20-10-12-31-13-11-20/h3-9,17,20,24-25,31H,10-16,18H2,1-2H3,(H,32,35). The molecule has 214 valence electrons. The lowest BCUT2D eigenvalue weighted by Gasteiger charge is -2.42. The minimum Gasteiger partial charge on any atom is -0.497 e. The molecule has 0 bridgehead atoms. The number of halogens is 1. The van der Waals surface area contributed by atoms with Crippen LogP contribution in [0.15, 0.2) is 48.5 Å². The fourth-order valence-corrected chi connectivity index (χ4v) is 5.16. The molecule has 0 saturated carbocycles. The first-order valence-corrected chi connectivity index (χ1v) is 13.4. The number of carbonyl (C=O) groups excluding carboxylic acids is 4. The normalized spacial score (nSPS) is 18.5. The first kappa shape index (κ1) is 29.0. The van der Waals surface area contributed by atoms with E-state index < -0.39 is 35.7 Å². The van der Waals surface area contributed by atoms with Crippen molar-refractivity contribution in [1.82, 2.24) is 20.4 Å². The molecule has 2 saturated heterocycles. The third-order valence-corrected chi connectivity index (χ3v) is 7.41. The molecule has 2 heterocycles. The van der Waals surface area contributed by atoms with E-state index >= 15 is 0 Å². The second-order valence-electron chi connectivity index (χ2n) is 9.97. The Bertz CT molecular complexity index is 1220. The quantitative estimate of drug-likeness (QED) is 0.474. The number of hydrogen-bond acceptors (Lipinski definition) is 7. The molecular weight excluding hydrogens is 519 g/mol. The van der Waals surface area contributed by atoms with Crippen LogP contribution in [0, 0.1) is 11.7 Å². The molecule has 2 aromatic carbocycles. The molecule has 2 unspecified atom stereocenters. The van der Waals surface area contributed by atoms with Crippen LogP contribution in [0.1, 0.15) is 28.8 Å². The summed E-state index contributed by atoms with van der Waals surface area (Å²) in [7, 11) is 2.79. The molecule has 40 heavy (non-hydrogen) atoms. The third kappa shape index (κ3) is 6.95. The van der Waals surface area contributed by atoms with Gasteiger partial charge in [-0.15, -0.1) is 0 Å². The maximum atomic E-state index is 13.8. The van der Waals surface area contributed by atoms with Crippen LogP contribution < -0.4 is 15.4 Å². The Labute approximate surface area is 232 Å². The van der Waals surface area contributed by atoms with Crippen LogP contribution in [-0.4, -0.2) is 92.5 Å². The minimum atomic E-state index is -1.03. The van der Waals surface area contributed by atoms with E-state index in [1.807, 2.05) is 0 Å². The molecule has 0 aliphatic carbocycles. The summed E-state index contributed by atoms with van der Waals surface area (Å²) in [5.41, 5.74) is 0.926. The number of esters is 1. The van der Waals surface area contributed by atoms with E-state index in [-0.39, 0.29) is 43.4 Å². The van der Waals surface area contributed by atoms with Gasteiger partial charge in [-0.3, -0.25) is 14.4 Å². The summed E-state index contributed by atoms with van der Waals surface area (Å²) in [6.45, 7) is 1.66. The van der Waals surface area contributed by atoms with Crippen molar-refractivity contribution < 1.29 is 33.0 Å². The number of rotatable bonds is 8. The third-order valence-electron chi connectivity index (χ3n) is 7.41. The molecule has 2 aliphatic heterocycles. The summed E-state index contributed by atoms with van der Waals surface area (Å²) < 4.78 is 23.9. The lowest BCUT2D eigenvalue weighted by molar-refractivity contribution is -0.149. The summed E-state index contributed by atoms with van der Waals surface area (Å²) in [6, 6.07) is 10.4. The van der Waals surface area contributed by atoms with Gasteiger partial charge in [0.15, 0.2) is 0 Å². The second kappa shape index (κ2) is 13.4. The smallest absolute Gasteiger partial charge is 0.328 e. The summed E-state index contributed by atoms with van der Waals surface area (Å²) in [6.07, 6.45) is 1.46. The molecular formula is C29H35FN4O6. The van der Waals surface area contributed by atoms with Gasteiger partial charge in [-0.05, 0) is 61.8 Å². The highest BCUT2D eigenvalue weighted by Gasteiger charge is 2.40. The zero-order valence-corrected chi connectivity index (χ0v) is 22.7. The first-order chi connectivity index (χ1) is 19.3. The van der Waals surface area contributed by atoms with Crippen LogP contribution in [0.2, 0.25) is 0 Å². The molecule has 2 aliphatic rings. The number of hydrogen-bond donors (Lipinski definition) is 2. The fourth-order valence-electron chi connectivity index (χ4n) is 5.16. The fraction of sp³-hybridized carbons (Fsp3) is 0.448. The molecule has 10 nitrogen and oxygen atoms in total. The molecule has 0 radical (unpaired) electrons. The molecule has 0 spiro atoms. The van der Waals surface area contributed by atoms with Gasteiger partial charge in [-0.1, -0.05) is 18.2 Å². The lowest BCUT2D eigenvalue weighted by atomic mass is 9.95. The Kier molecular flexibility index (Phi) is 9.70. The molecule has 2 fully saturated rings. The van der Waals surface area contributed by atoms with E-state index in [2.05, 4.69) is 10.6 Å².